The van der Waals surface area contributed by atoms with Crippen molar-refractivity contribution in [3.8, 4) is 5.75 Å². The fourth-order valence-corrected chi connectivity index (χ4v) is 4.36. The van der Waals surface area contributed by atoms with E-state index in [1.54, 1.807) is 0 Å². The first kappa shape index (κ1) is 21.4. The van der Waals surface area contributed by atoms with Crippen LogP contribution in [-0.4, -0.2) is 43.6 Å². The Labute approximate surface area is 185 Å². The second-order valence-electron chi connectivity index (χ2n) is 8.26. The molecule has 0 aromatic heterocycles. The largest absolute Gasteiger partial charge is 0.490 e. The van der Waals surface area contributed by atoms with E-state index in [-0.39, 0.29) is 5.91 Å². The predicted molar refractivity (Wildman–Crippen MR) is 128 cm³/mol. The number of carbonyl (C=O) groups is 1. The molecule has 3 aromatic rings. The minimum atomic E-state index is 0.0334. The summed E-state index contributed by atoms with van der Waals surface area (Å²) in [6.45, 7) is 8.86. The average molecular weight is 417 g/mol. The Kier molecular flexibility index (Phi) is 6.88. The molecule has 3 aromatic carbocycles. The van der Waals surface area contributed by atoms with Gasteiger partial charge in [-0.1, -0.05) is 50.2 Å². The molecule has 0 unspecified atom stereocenters. The zero-order chi connectivity index (χ0) is 21.6. The van der Waals surface area contributed by atoms with Gasteiger partial charge in [-0.05, 0) is 73.0 Å². The van der Waals surface area contributed by atoms with Crippen LogP contribution in [0.2, 0.25) is 0 Å². The zero-order valence-corrected chi connectivity index (χ0v) is 18.6. The summed E-state index contributed by atoms with van der Waals surface area (Å²) in [7, 11) is 0. The summed E-state index contributed by atoms with van der Waals surface area (Å²) in [6.07, 6.45) is 3.32. The first-order chi connectivity index (χ1) is 15.2. The van der Waals surface area contributed by atoms with Gasteiger partial charge in [0.1, 0.15) is 12.4 Å². The number of amides is 1. The number of benzene rings is 3. The van der Waals surface area contributed by atoms with Crippen molar-refractivity contribution in [1.29, 1.82) is 0 Å². The first-order valence-electron chi connectivity index (χ1n) is 11.5. The SMILES string of the molecule is CCCN(CCC)CCc1ccc2c(c1)N(C(=O)c1ccc3ccccc3c1)CCO2. The maximum atomic E-state index is 13.4. The Morgan fingerprint density at radius 1 is 0.935 bits per heavy atom. The third kappa shape index (κ3) is 4.91. The lowest BCUT2D eigenvalue weighted by Gasteiger charge is -2.30. The number of carbonyl (C=O) groups excluding carboxylic acids is 1. The molecule has 0 aliphatic carbocycles. The summed E-state index contributed by atoms with van der Waals surface area (Å²) in [4.78, 5) is 17.8. The molecule has 31 heavy (non-hydrogen) atoms. The van der Waals surface area contributed by atoms with Gasteiger partial charge in [-0.3, -0.25) is 4.79 Å². The fraction of sp³-hybridized carbons (Fsp3) is 0.370. The van der Waals surface area contributed by atoms with Crippen molar-refractivity contribution < 1.29 is 9.53 Å². The van der Waals surface area contributed by atoms with Gasteiger partial charge in [-0.25, -0.2) is 0 Å². The topological polar surface area (TPSA) is 32.8 Å². The molecule has 4 nitrogen and oxygen atoms in total. The monoisotopic (exact) mass is 416 g/mol. The second-order valence-corrected chi connectivity index (χ2v) is 8.26. The molecule has 4 heteroatoms. The van der Waals surface area contributed by atoms with Crippen LogP contribution in [0.15, 0.2) is 60.7 Å². The highest BCUT2D eigenvalue weighted by molar-refractivity contribution is 6.09. The van der Waals surface area contributed by atoms with Gasteiger partial charge in [0.25, 0.3) is 5.91 Å². The Morgan fingerprint density at radius 3 is 2.48 bits per heavy atom. The van der Waals surface area contributed by atoms with Crippen molar-refractivity contribution in [3.63, 3.8) is 0 Å². The summed E-state index contributed by atoms with van der Waals surface area (Å²) in [5.41, 5.74) is 2.85. The number of hydrogen-bond acceptors (Lipinski definition) is 3. The van der Waals surface area contributed by atoms with Crippen molar-refractivity contribution >= 4 is 22.4 Å². The zero-order valence-electron chi connectivity index (χ0n) is 18.6. The quantitative estimate of drug-likeness (QED) is 0.483. The van der Waals surface area contributed by atoms with Crippen LogP contribution in [0.1, 0.15) is 42.6 Å². The van der Waals surface area contributed by atoms with E-state index < -0.39 is 0 Å². The number of hydrogen-bond donors (Lipinski definition) is 0. The van der Waals surface area contributed by atoms with Gasteiger partial charge < -0.3 is 14.5 Å². The number of anilines is 1. The van der Waals surface area contributed by atoms with Crippen LogP contribution in [0.5, 0.6) is 5.75 Å². The van der Waals surface area contributed by atoms with Gasteiger partial charge in [0.05, 0.1) is 12.2 Å². The number of ether oxygens (including phenoxy) is 1. The van der Waals surface area contributed by atoms with E-state index in [4.69, 9.17) is 4.74 Å². The maximum absolute atomic E-state index is 13.4. The van der Waals surface area contributed by atoms with E-state index >= 15 is 0 Å². The van der Waals surface area contributed by atoms with E-state index in [2.05, 4.69) is 43.0 Å². The Bertz CT molecular complexity index is 1040. The van der Waals surface area contributed by atoms with Gasteiger partial charge in [0, 0.05) is 12.1 Å². The molecule has 0 bridgehead atoms. The molecule has 0 radical (unpaired) electrons. The molecular formula is C27H32N2O2. The molecule has 0 saturated heterocycles. The summed E-state index contributed by atoms with van der Waals surface area (Å²) < 4.78 is 5.86. The molecule has 0 fully saturated rings. The molecule has 0 spiro atoms. The third-order valence-corrected chi connectivity index (χ3v) is 5.92. The lowest BCUT2D eigenvalue weighted by molar-refractivity contribution is 0.0976. The molecule has 4 rings (SSSR count). The van der Waals surface area contributed by atoms with Crippen molar-refractivity contribution in [2.45, 2.75) is 33.1 Å². The van der Waals surface area contributed by atoms with Gasteiger partial charge in [0.2, 0.25) is 0 Å². The molecule has 1 aliphatic rings. The standard InChI is InChI=1S/C27H32N2O2/c1-3-14-28(15-4-2)16-13-21-9-12-26-25(19-21)29(17-18-31-26)27(30)24-11-10-22-7-5-6-8-23(22)20-24/h5-12,19-20H,3-4,13-18H2,1-2H3. The Balaban J connectivity index is 1.55. The smallest absolute Gasteiger partial charge is 0.258 e. The second kappa shape index (κ2) is 9.97. The molecular weight excluding hydrogens is 384 g/mol. The summed E-state index contributed by atoms with van der Waals surface area (Å²) >= 11 is 0. The van der Waals surface area contributed by atoms with Gasteiger partial charge in [-0.15, -0.1) is 0 Å². The predicted octanol–water partition coefficient (Wildman–Crippen LogP) is 5.54. The molecule has 1 aliphatic heterocycles. The highest BCUT2D eigenvalue weighted by atomic mass is 16.5. The fourth-order valence-electron chi connectivity index (χ4n) is 4.36. The van der Waals surface area contributed by atoms with Crippen LogP contribution in [0, 0.1) is 0 Å². The van der Waals surface area contributed by atoms with Crippen molar-refractivity contribution in [2.24, 2.45) is 0 Å². The number of nitrogens with zero attached hydrogens (tertiary/aromatic N) is 2. The van der Waals surface area contributed by atoms with Crippen LogP contribution in [0.3, 0.4) is 0 Å². The van der Waals surface area contributed by atoms with E-state index in [9.17, 15) is 4.79 Å². The lowest BCUT2D eigenvalue weighted by Crippen LogP contribution is -2.38. The van der Waals surface area contributed by atoms with Gasteiger partial charge in [-0.2, -0.15) is 0 Å². The van der Waals surface area contributed by atoms with Gasteiger partial charge >= 0.3 is 0 Å². The molecule has 0 atom stereocenters. The normalized spacial score (nSPS) is 13.3. The first-order valence-corrected chi connectivity index (χ1v) is 11.5. The van der Waals surface area contributed by atoms with Crippen LogP contribution in [0.4, 0.5) is 5.69 Å². The molecule has 162 valence electrons. The Hall–Kier alpha value is -2.85. The van der Waals surface area contributed by atoms with Crippen molar-refractivity contribution in [2.75, 3.05) is 37.7 Å². The molecule has 0 N–H and O–H groups in total. The van der Waals surface area contributed by atoms with E-state index in [1.165, 1.54) is 18.4 Å². The number of rotatable bonds is 8. The van der Waals surface area contributed by atoms with Crippen LogP contribution in [-0.2, 0) is 6.42 Å². The van der Waals surface area contributed by atoms with E-state index in [0.29, 0.717) is 18.7 Å². The van der Waals surface area contributed by atoms with Crippen molar-refractivity contribution in [1.82, 2.24) is 4.90 Å². The average Bonchev–Trinajstić information content (AvgIpc) is 2.81. The molecule has 1 amide bonds. The summed E-state index contributed by atoms with van der Waals surface area (Å²) in [6, 6.07) is 20.4. The lowest BCUT2D eigenvalue weighted by atomic mass is 10.0. The molecule has 0 saturated carbocycles. The Morgan fingerprint density at radius 2 is 1.71 bits per heavy atom. The molecule has 1 heterocycles. The minimum absolute atomic E-state index is 0.0334. The summed E-state index contributed by atoms with van der Waals surface area (Å²) in [5.74, 6) is 0.828. The number of fused-ring (bicyclic) bond motifs is 2. The van der Waals surface area contributed by atoms with Crippen molar-refractivity contribution in [3.05, 3.63) is 71.8 Å². The maximum Gasteiger partial charge on any atom is 0.258 e. The van der Waals surface area contributed by atoms with Gasteiger partial charge in [0.15, 0.2) is 0 Å². The summed E-state index contributed by atoms with van der Waals surface area (Å²) in [5, 5.41) is 2.23. The highest BCUT2D eigenvalue weighted by Crippen LogP contribution is 2.34. The van der Waals surface area contributed by atoms with Crippen LogP contribution >= 0.6 is 0 Å². The highest BCUT2D eigenvalue weighted by Gasteiger charge is 2.25. The van der Waals surface area contributed by atoms with Crippen LogP contribution in [0.25, 0.3) is 10.8 Å². The van der Waals surface area contributed by atoms with Crippen LogP contribution < -0.4 is 9.64 Å². The minimum Gasteiger partial charge on any atom is -0.490 e. The van der Waals surface area contributed by atoms with E-state index in [0.717, 1.165) is 48.3 Å². The van der Waals surface area contributed by atoms with E-state index in [1.807, 2.05) is 41.3 Å². The third-order valence-electron chi connectivity index (χ3n) is 5.92.